The third-order valence-electron chi connectivity index (χ3n) is 5.43. The number of benzene rings is 2. The molecule has 4 rings (SSSR count). The van der Waals surface area contributed by atoms with Crippen LogP contribution in [-0.2, 0) is 20.0 Å². The number of hydrogen-bond acceptors (Lipinski definition) is 4. The second kappa shape index (κ2) is 9.75. The van der Waals surface area contributed by atoms with Gasteiger partial charge in [0.25, 0.3) is 0 Å². The highest BCUT2D eigenvalue weighted by atomic mass is 32.1. The first kappa shape index (κ1) is 21.1. The molecule has 0 saturated heterocycles. The Labute approximate surface area is 187 Å². The van der Waals surface area contributed by atoms with Gasteiger partial charge in [-0.1, -0.05) is 42.5 Å². The molecule has 160 valence electrons. The molecule has 1 atom stereocenters. The summed E-state index contributed by atoms with van der Waals surface area (Å²) in [5.41, 5.74) is 1.22. The molecular formula is C24H28N6S. The van der Waals surface area contributed by atoms with E-state index < -0.39 is 0 Å². The van der Waals surface area contributed by atoms with E-state index in [-0.39, 0.29) is 6.04 Å². The van der Waals surface area contributed by atoms with Crippen LogP contribution in [0, 0.1) is 6.92 Å². The summed E-state index contributed by atoms with van der Waals surface area (Å²) in [4.78, 5) is 6.15. The second-order valence-electron chi connectivity index (χ2n) is 7.62. The molecule has 0 spiro atoms. The van der Waals surface area contributed by atoms with Crippen LogP contribution in [0.15, 0.2) is 65.0 Å². The summed E-state index contributed by atoms with van der Waals surface area (Å²) >= 11 is 1.78. The highest BCUT2D eigenvalue weighted by molar-refractivity contribution is 7.09. The molecule has 0 aliphatic heterocycles. The third-order valence-corrected chi connectivity index (χ3v) is 6.37. The summed E-state index contributed by atoms with van der Waals surface area (Å²) < 4.78 is 1.97. The fourth-order valence-electron chi connectivity index (χ4n) is 3.42. The van der Waals surface area contributed by atoms with Crippen LogP contribution in [0.5, 0.6) is 0 Å². The van der Waals surface area contributed by atoms with Crippen LogP contribution in [0.2, 0.25) is 0 Å². The highest BCUT2D eigenvalue weighted by Gasteiger charge is 2.10. The van der Waals surface area contributed by atoms with Crippen LogP contribution >= 0.6 is 11.3 Å². The summed E-state index contributed by atoms with van der Waals surface area (Å²) in [6.07, 6.45) is 0.964. The Balaban J connectivity index is 1.48. The Kier molecular flexibility index (Phi) is 6.62. The number of nitrogens with zero attached hydrogens (tertiary/aromatic N) is 4. The van der Waals surface area contributed by atoms with E-state index in [0.29, 0.717) is 6.54 Å². The van der Waals surface area contributed by atoms with E-state index in [1.807, 2.05) is 18.5 Å². The molecule has 0 aliphatic carbocycles. The van der Waals surface area contributed by atoms with Crippen molar-refractivity contribution in [1.82, 2.24) is 25.4 Å². The lowest BCUT2D eigenvalue weighted by Crippen LogP contribution is -2.39. The predicted octanol–water partition coefficient (Wildman–Crippen LogP) is 4.38. The van der Waals surface area contributed by atoms with E-state index in [9.17, 15) is 0 Å². The van der Waals surface area contributed by atoms with E-state index in [4.69, 9.17) is 4.99 Å². The Bertz CT molecular complexity index is 1160. The molecule has 0 saturated carbocycles. The number of thiophene rings is 1. The zero-order valence-corrected chi connectivity index (χ0v) is 19.0. The summed E-state index contributed by atoms with van der Waals surface area (Å²) in [5.74, 6) is 2.50. The largest absolute Gasteiger partial charge is 0.356 e. The zero-order valence-electron chi connectivity index (χ0n) is 18.2. The first-order chi connectivity index (χ1) is 15.1. The van der Waals surface area contributed by atoms with Gasteiger partial charge < -0.3 is 15.2 Å². The van der Waals surface area contributed by atoms with Crippen molar-refractivity contribution in [3.63, 3.8) is 0 Å². The number of aromatic nitrogens is 3. The Morgan fingerprint density at radius 1 is 1.10 bits per heavy atom. The summed E-state index contributed by atoms with van der Waals surface area (Å²) in [6.45, 7) is 5.39. The van der Waals surface area contributed by atoms with Gasteiger partial charge in [0.1, 0.15) is 12.4 Å². The molecule has 2 aromatic heterocycles. The molecule has 2 N–H and O–H groups in total. The van der Waals surface area contributed by atoms with Crippen LogP contribution in [-0.4, -0.2) is 27.3 Å². The van der Waals surface area contributed by atoms with Crippen molar-refractivity contribution < 1.29 is 0 Å². The fraction of sp³-hybridized carbons (Fsp3) is 0.292. The molecule has 6 nitrogen and oxygen atoms in total. The lowest BCUT2D eigenvalue weighted by atomic mass is 10.0. The van der Waals surface area contributed by atoms with Crippen molar-refractivity contribution in [3.05, 3.63) is 82.1 Å². The predicted molar refractivity (Wildman–Crippen MR) is 128 cm³/mol. The number of aliphatic imine (C=N–C) groups is 1. The summed E-state index contributed by atoms with van der Waals surface area (Å²) in [6, 6.07) is 19.4. The molecule has 31 heavy (non-hydrogen) atoms. The zero-order chi connectivity index (χ0) is 21.6. The van der Waals surface area contributed by atoms with Gasteiger partial charge in [-0.05, 0) is 54.1 Å². The van der Waals surface area contributed by atoms with E-state index in [1.54, 1.807) is 11.3 Å². The molecule has 0 radical (unpaired) electrons. The van der Waals surface area contributed by atoms with Gasteiger partial charge in [-0.2, -0.15) is 0 Å². The topological polar surface area (TPSA) is 67.1 Å². The maximum absolute atomic E-state index is 4.79. The van der Waals surface area contributed by atoms with Gasteiger partial charge in [0.2, 0.25) is 0 Å². The van der Waals surface area contributed by atoms with Gasteiger partial charge in [-0.15, -0.1) is 21.5 Å². The number of rotatable bonds is 7. The maximum atomic E-state index is 4.79. The molecule has 0 amide bonds. The number of hydrogen-bond donors (Lipinski definition) is 2. The van der Waals surface area contributed by atoms with Crippen molar-refractivity contribution in [2.75, 3.05) is 6.54 Å². The number of fused-ring (bicyclic) bond motifs is 1. The van der Waals surface area contributed by atoms with Crippen LogP contribution in [0.1, 0.15) is 35.1 Å². The molecule has 1 unspecified atom stereocenters. The van der Waals surface area contributed by atoms with Crippen molar-refractivity contribution in [3.8, 4) is 0 Å². The molecule has 0 bridgehead atoms. The molecule has 7 heteroatoms. The number of guanidine groups is 1. The average molecular weight is 433 g/mol. The quantitative estimate of drug-likeness (QED) is 0.336. The number of nitrogens with one attached hydrogen (secondary N) is 2. The van der Waals surface area contributed by atoms with Crippen molar-refractivity contribution in [2.24, 2.45) is 12.0 Å². The van der Waals surface area contributed by atoms with Crippen LogP contribution in [0.4, 0.5) is 0 Å². The van der Waals surface area contributed by atoms with Gasteiger partial charge >= 0.3 is 0 Å². The summed E-state index contributed by atoms with van der Waals surface area (Å²) in [7, 11) is 1.97. The first-order valence-electron chi connectivity index (χ1n) is 10.5. The Hall–Kier alpha value is -3.19. The molecule has 2 aromatic carbocycles. The lowest BCUT2D eigenvalue weighted by molar-refractivity contribution is 0.676. The van der Waals surface area contributed by atoms with Gasteiger partial charge in [0.05, 0.1) is 6.04 Å². The van der Waals surface area contributed by atoms with E-state index in [0.717, 1.165) is 30.6 Å². The van der Waals surface area contributed by atoms with Gasteiger partial charge in [-0.25, -0.2) is 4.99 Å². The minimum Gasteiger partial charge on any atom is -0.356 e. The minimum absolute atomic E-state index is 0.110. The lowest BCUT2D eigenvalue weighted by Gasteiger charge is -2.19. The number of aryl methyl sites for hydroxylation is 1. The molecule has 0 aliphatic rings. The highest BCUT2D eigenvalue weighted by Crippen LogP contribution is 2.20. The fourth-order valence-corrected chi connectivity index (χ4v) is 4.12. The first-order valence-corrected chi connectivity index (χ1v) is 11.4. The second-order valence-corrected chi connectivity index (χ2v) is 8.65. The normalized spacial score (nSPS) is 12.8. The van der Waals surface area contributed by atoms with E-state index in [2.05, 4.69) is 87.7 Å². The van der Waals surface area contributed by atoms with Crippen LogP contribution in [0.25, 0.3) is 10.8 Å². The van der Waals surface area contributed by atoms with E-state index >= 15 is 0 Å². The maximum Gasteiger partial charge on any atom is 0.192 e. The average Bonchev–Trinajstić information content (AvgIpc) is 3.42. The summed E-state index contributed by atoms with van der Waals surface area (Å²) in [5, 5.41) is 20.0. The van der Waals surface area contributed by atoms with Gasteiger partial charge in [-0.3, -0.25) is 0 Å². The molecule has 4 aromatic rings. The molecule has 2 heterocycles. The standard InChI is InChI=1S/C24H28N6S/c1-17(20-11-10-19-7-4-5-8-21(19)15-20)27-24(25-13-12-22-9-6-14-31-22)26-16-23-29-28-18(2)30(23)3/h4-11,14-15,17H,12-13,16H2,1-3H3,(H2,25,26,27). The molecule has 0 fully saturated rings. The van der Waals surface area contributed by atoms with Crippen LogP contribution < -0.4 is 10.6 Å². The SMILES string of the molecule is Cc1nnc(CN=C(NCCc2cccs2)NC(C)c2ccc3ccccc3c2)n1C. The van der Waals surface area contributed by atoms with Gasteiger partial charge in [0.15, 0.2) is 11.8 Å². The monoisotopic (exact) mass is 432 g/mol. The third kappa shape index (κ3) is 5.30. The minimum atomic E-state index is 0.110. The Morgan fingerprint density at radius 2 is 1.94 bits per heavy atom. The van der Waals surface area contributed by atoms with Crippen molar-refractivity contribution in [2.45, 2.75) is 32.9 Å². The van der Waals surface area contributed by atoms with Crippen LogP contribution in [0.3, 0.4) is 0 Å². The van der Waals surface area contributed by atoms with Crippen molar-refractivity contribution >= 4 is 28.1 Å². The van der Waals surface area contributed by atoms with Gasteiger partial charge in [0, 0.05) is 18.5 Å². The van der Waals surface area contributed by atoms with E-state index in [1.165, 1.54) is 21.2 Å². The smallest absolute Gasteiger partial charge is 0.192 e. The van der Waals surface area contributed by atoms with Crippen molar-refractivity contribution in [1.29, 1.82) is 0 Å². The Morgan fingerprint density at radius 3 is 2.68 bits per heavy atom. The molecular weight excluding hydrogens is 404 g/mol.